The van der Waals surface area contributed by atoms with Crippen LogP contribution in [0, 0.1) is 31.5 Å². The van der Waals surface area contributed by atoms with E-state index in [1.165, 1.54) is 12.1 Å². The van der Waals surface area contributed by atoms with Gasteiger partial charge < -0.3 is 5.11 Å². The Morgan fingerprint density at radius 1 is 1.32 bits per heavy atom. The van der Waals surface area contributed by atoms with Crippen molar-refractivity contribution in [3.8, 4) is 11.8 Å². The standard InChI is InChI=1S/C14H14FN3O/c1-10-16-11(2)18(17-10)9-13-6-12(4-3-5-19)7-14(15)8-13/h6-8,19H,5,9H2,1-2H3. The third-order valence-corrected chi connectivity index (χ3v) is 2.56. The molecule has 2 rings (SSSR count). The van der Waals surface area contributed by atoms with Crippen molar-refractivity contribution in [1.29, 1.82) is 0 Å². The second-order valence-electron chi connectivity index (χ2n) is 4.17. The van der Waals surface area contributed by atoms with Gasteiger partial charge in [0.15, 0.2) is 0 Å². The molecule has 0 fully saturated rings. The highest BCUT2D eigenvalue weighted by molar-refractivity contribution is 5.37. The Bertz CT molecular complexity index is 652. The number of halogens is 1. The molecule has 0 spiro atoms. The normalized spacial score (nSPS) is 10.1. The van der Waals surface area contributed by atoms with Crippen molar-refractivity contribution in [2.45, 2.75) is 20.4 Å². The summed E-state index contributed by atoms with van der Waals surface area (Å²) in [6, 6.07) is 4.56. The quantitative estimate of drug-likeness (QED) is 0.830. The number of aryl methyl sites for hydroxylation is 2. The van der Waals surface area contributed by atoms with E-state index in [4.69, 9.17) is 5.11 Å². The molecular weight excluding hydrogens is 245 g/mol. The summed E-state index contributed by atoms with van der Waals surface area (Å²) in [6.45, 7) is 3.87. The van der Waals surface area contributed by atoms with Crippen LogP contribution in [-0.4, -0.2) is 26.5 Å². The van der Waals surface area contributed by atoms with E-state index in [2.05, 4.69) is 21.9 Å². The summed E-state index contributed by atoms with van der Waals surface area (Å²) in [6.07, 6.45) is 0. The molecule has 0 unspecified atom stereocenters. The molecule has 0 atom stereocenters. The molecule has 4 nitrogen and oxygen atoms in total. The molecule has 0 amide bonds. The van der Waals surface area contributed by atoms with Gasteiger partial charge in [-0.25, -0.2) is 14.1 Å². The Labute approximate surface area is 110 Å². The molecule has 1 aromatic carbocycles. The highest BCUT2D eigenvalue weighted by Crippen LogP contribution is 2.11. The summed E-state index contributed by atoms with van der Waals surface area (Å²) >= 11 is 0. The van der Waals surface area contributed by atoms with E-state index < -0.39 is 0 Å². The first-order valence-corrected chi connectivity index (χ1v) is 5.86. The molecule has 0 aliphatic carbocycles. The van der Waals surface area contributed by atoms with Gasteiger partial charge in [-0.15, -0.1) is 0 Å². The lowest BCUT2D eigenvalue weighted by atomic mass is 10.1. The molecule has 0 radical (unpaired) electrons. The number of benzene rings is 1. The Hall–Kier alpha value is -2.19. The average molecular weight is 259 g/mol. The van der Waals surface area contributed by atoms with Crippen LogP contribution in [0.15, 0.2) is 18.2 Å². The van der Waals surface area contributed by atoms with Crippen molar-refractivity contribution in [3.63, 3.8) is 0 Å². The first kappa shape index (κ1) is 13.2. The molecule has 2 aromatic rings. The van der Waals surface area contributed by atoms with Crippen molar-refractivity contribution in [2.75, 3.05) is 6.61 Å². The van der Waals surface area contributed by atoms with Crippen LogP contribution in [-0.2, 0) is 6.54 Å². The van der Waals surface area contributed by atoms with Crippen molar-refractivity contribution in [2.24, 2.45) is 0 Å². The van der Waals surface area contributed by atoms with Crippen LogP contribution in [0.5, 0.6) is 0 Å². The van der Waals surface area contributed by atoms with Gasteiger partial charge in [0.2, 0.25) is 0 Å². The van der Waals surface area contributed by atoms with Gasteiger partial charge in [-0.2, -0.15) is 5.10 Å². The van der Waals surface area contributed by atoms with Gasteiger partial charge in [-0.3, -0.25) is 0 Å². The van der Waals surface area contributed by atoms with E-state index in [1.54, 1.807) is 10.7 Å². The minimum atomic E-state index is -0.353. The maximum atomic E-state index is 13.5. The highest BCUT2D eigenvalue weighted by atomic mass is 19.1. The summed E-state index contributed by atoms with van der Waals surface area (Å²) in [7, 11) is 0. The Morgan fingerprint density at radius 3 is 2.74 bits per heavy atom. The molecular formula is C14H14FN3O. The van der Waals surface area contributed by atoms with Gasteiger partial charge in [0.1, 0.15) is 24.1 Å². The topological polar surface area (TPSA) is 50.9 Å². The van der Waals surface area contributed by atoms with Crippen LogP contribution in [0.2, 0.25) is 0 Å². The van der Waals surface area contributed by atoms with Crippen LogP contribution < -0.4 is 0 Å². The van der Waals surface area contributed by atoms with Crippen LogP contribution >= 0.6 is 0 Å². The second kappa shape index (κ2) is 5.63. The van der Waals surface area contributed by atoms with E-state index >= 15 is 0 Å². The molecule has 0 saturated carbocycles. The number of aliphatic hydroxyl groups is 1. The SMILES string of the molecule is Cc1nc(C)n(Cc2cc(F)cc(C#CCO)c2)n1. The maximum absolute atomic E-state index is 13.5. The van der Waals surface area contributed by atoms with Crippen molar-refractivity contribution in [1.82, 2.24) is 14.8 Å². The number of rotatable bonds is 2. The predicted molar refractivity (Wildman–Crippen MR) is 69.0 cm³/mol. The van der Waals surface area contributed by atoms with E-state index in [-0.39, 0.29) is 12.4 Å². The van der Waals surface area contributed by atoms with Gasteiger partial charge in [0.25, 0.3) is 0 Å². The molecule has 1 aromatic heterocycles. The number of aliphatic hydroxyl groups excluding tert-OH is 1. The summed E-state index contributed by atoms with van der Waals surface area (Å²) < 4.78 is 15.2. The zero-order valence-electron chi connectivity index (χ0n) is 10.8. The van der Waals surface area contributed by atoms with Crippen LogP contribution in [0.4, 0.5) is 4.39 Å². The van der Waals surface area contributed by atoms with E-state index in [1.807, 2.05) is 13.8 Å². The fourth-order valence-corrected chi connectivity index (χ4v) is 1.84. The largest absolute Gasteiger partial charge is 0.384 e. The smallest absolute Gasteiger partial charge is 0.147 e. The molecule has 19 heavy (non-hydrogen) atoms. The first-order chi connectivity index (χ1) is 9.08. The second-order valence-corrected chi connectivity index (χ2v) is 4.17. The third kappa shape index (κ3) is 3.39. The lowest BCUT2D eigenvalue weighted by Gasteiger charge is -2.04. The number of nitrogens with zero attached hydrogens (tertiary/aromatic N) is 3. The lowest BCUT2D eigenvalue weighted by molar-refractivity contribution is 0.350. The minimum absolute atomic E-state index is 0.243. The van der Waals surface area contributed by atoms with Crippen LogP contribution in [0.3, 0.4) is 0 Å². The van der Waals surface area contributed by atoms with Gasteiger partial charge >= 0.3 is 0 Å². The Balaban J connectivity index is 2.30. The lowest BCUT2D eigenvalue weighted by Crippen LogP contribution is -2.05. The fraction of sp³-hybridized carbons (Fsp3) is 0.286. The molecule has 5 heteroatoms. The summed E-state index contributed by atoms with van der Waals surface area (Å²) in [5.74, 6) is 6.32. The molecule has 0 aliphatic rings. The summed E-state index contributed by atoms with van der Waals surface area (Å²) in [4.78, 5) is 4.20. The van der Waals surface area contributed by atoms with Crippen LogP contribution in [0.25, 0.3) is 0 Å². The van der Waals surface area contributed by atoms with Crippen molar-refractivity contribution < 1.29 is 9.50 Å². The predicted octanol–water partition coefficient (Wildman–Crippen LogP) is 1.43. The monoisotopic (exact) mass is 259 g/mol. The van der Waals surface area contributed by atoms with Gasteiger partial charge in [-0.05, 0) is 37.6 Å². The average Bonchev–Trinajstić information content (AvgIpc) is 2.64. The molecule has 1 N–H and O–H groups in total. The molecule has 98 valence electrons. The maximum Gasteiger partial charge on any atom is 0.147 e. The van der Waals surface area contributed by atoms with E-state index in [9.17, 15) is 4.39 Å². The van der Waals surface area contributed by atoms with E-state index in [0.717, 1.165) is 11.4 Å². The Kier molecular flexibility index (Phi) is 3.93. The van der Waals surface area contributed by atoms with Crippen LogP contribution in [0.1, 0.15) is 22.8 Å². The minimum Gasteiger partial charge on any atom is -0.384 e. The first-order valence-electron chi connectivity index (χ1n) is 5.86. The summed E-state index contributed by atoms with van der Waals surface area (Å²) in [5.41, 5.74) is 1.30. The third-order valence-electron chi connectivity index (χ3n) is 2.56. The summed E-state index contributed by atoms with van der Waals surface area (Å²) in [5, 5.41) is 12.9. The van der Waals surface area contributed by atoms with Gasteiger partial charge in [-0.1, -0.05) is 11.8 Å². The fourth-order valence-electron chi connectivity index (χ4n) is 1.84. The Morgan fingerprint density at radius 2 is 2.11 bits per heavy atom. The van der Waals surface area contributed by atoms with Crippen molar-refractivity contribution >= 4 is 0 Å². The molecule has 0 bridgehead atoms. The number of hydrogen-bond acceptors (Lipinski definition) is 3. The molecule has 1 heterocycles. The number of hydrogen-bond donors (Lipinski definition) is 1. The molecule has 0 aliphatic heterocycles. The highest BCUT2D eigenvalue weighted by Gasteiger charge is 2.05. The zero-order chi connectivity index (χ0) is 13.8. The van der Waals surface area contributed by atoms with Gasteiger partial charge in [0, 0.05) is 5.56 Å². The zero-order valence-corrected chi connectivity index (χ0v) is 10.8. The molecule has 0 saturated heterocycles. The van der Waals surface area contributed by atoms with Gasteiger partial charge in [0.05, 0.1) is 6.54 Å². The number of aromatic nitrogens is 3. The van der Waals surface area contributed by atoms with E-state index in [0.29, 0.717) is 17.9 Å². The van der Waals surface area contributed by atoms with Crippen molar-refractivity contribution in [3.05, 3.63) is 46.8 Å².